The van der Waals surface area contributed by atoms with E-state index < -0.39 is 0 Å². The van der Waals surface area contributed by atoms with Gasteiger partial charge < -0.3 is 0 Å². The van der Waals surface area contributed by atoms with Crippen LogP contribution in [-0.2, 0) is 4.79 Å². The molecule has 96 valence electrons. The number of hydrazine groups is 1. The number of carbonyl (C=O) groups is 1. The Morgan fingerprint density at radius 2 is 2.00 bits per heavy atom. The first-order valence-electron chi connectivity index (χ1n) is 6.35. The van der Waals surface area contributed by atoms with Crippen LogP contribution in [0.1, 0.15) is 47.0 Å². The molecule has 0 spiro atoms. The number of nitrogens with two attached hydrogens (primary N) is 1. The molecule has 0 aliphatic carbocycles. The Labute approximate surface area is 99.5 Å². The Morgan fingerprint density at radius 1 is 1.38 bits per heavy atom. The smallest absolute Gasteiger partial charge is 0.251 e. The predicted octanol–water partition coefficient (Wildman–Crippen LogP) is 1.51. The van der Waals surface area contributed by atoms with E-state index in [2.05, 4.69) is 38.0 Å². The van der Waals surface area contributed by atoms with Gasteiger partial charge in [0, 0.05) is 6.54 Å². The fraction of sp³-hybridized carbons (Fsp3) is 0.917. The molecule has 4 nitrogen and oxygen atoms in total. The molecule has 4 heteroatoms. The number of hydrogen-bond donors (Lipinski definition) is 2. The minimum Gasteiger partial charge on any atom is -0.293 e. The van der Waals surface area contributed by atoms with Gasteiger partial charge in [0.25, 0.3) is 5.91 Å². The zero-order chi connectivity index (χ0) is 12.6. The highest BCUT2D eigenvalue weighted by molar-refractivity contribution is 5.81. The van der Waals surface area contributed by atoms with Crippen molar-refractivity contribution in [3.8, 4) is 0 Å². The summed E-state index contributed by atoms with van der Waals surface area (Å²) in [5, 5.41) is 0. The highest BCUT2D eigenvalue weighted by Gasteiger charge is 2.24. The van der Waals surface area contributed by atoms with Gasteiger partial charge in [0.15, 0.2) is 0 Å². The molecule has 16 heavy (non-hydrogen) atoms. The van der Waals surface area contributed by atoms with Crippen LogP contribution in [0.15, 0.2) is 0 Å². The molecule has 0 aliphatic rings. The van der Waals surface area contributed by atoms with Crippen LogP contribution in [0.4, 0.5) is 0 Å². The third-order valence-corrected chi connectivity index (χ3v) is 3.10. The van der Waals surface area contributed by atoms with E-state index in [-0.39, 0.29) is 11.9 Å². The molecule has 3 N–H and O–H groups in total. The number of amides is 1. The van der Waals surface area contributed by atoms with Crippen molar-refractivity contribution >= 4 is 5.91 Å². The van der Waals surface area contributed by atoms with Gasteiger partial charge in [-0.15, -0.1) is 0 Å². The maximum absolute atomic E-state index is 11.7. The van der Waals surface area contributed by atoms with Crippen molar-refractivity contribution in [2.45, 2.75) is 53.0 Å². The van der Waals surface area contributed by atoms with Gasteiger partial charge in [0.2, 0.25) is 0 Å². The van der Waals surface area contributed by atoms with E-state index in [0.717, 1.165) is 32.4 Å². The van der Waals surface area contributed by atoms with Crippen molar-refractivity contribution in [3.63, 3.8) is 0 Å². The Morgan fingerprint density at radius 3 is 2.38 bits per heavy atom. The highest BCUT2D eigenvalue weighted by atomic mass is 16.2. The summed E-state index contributed by atoms with van der Waals surface area (Å²) in [6.07, 6.45) is 3.00. The molecule has 0 radical (unpaired) electrons. The minimum absolute atomic E-state index is 0.0630. The molecule has 0 rings (SSSR count). The van der Waals surface area contributed by atoms with Crippen molar-refractivity contribution in [1.82, 2.24) is 10.3 Å². The summed E-state index contributed by atoms with van der Waals surface area (Å²) < 4.78 is 0. The Bertz CT molecular complexity index is 197. The summed E-state index contributed by atoms with van der Waals surface area (Å²) >= 11 is 0. The molecule has 0 saturated carbocycles. The first-order valence-corrected chi connectivity index (χ1v) is 6.35. The van der Waals surface area contributed by atoms with E-state index in [1.165, 1.54) is 0 Å². The Kier molecular flexibility index (Phi) is 8.21. The SMILES string of the molecule is CCCC(C(=O)NN)N(CC)CC(C)CC. The first-order chi connectivity index (χ1) is 7.60. The molecule has 0 aromatic heterocycles. The first kappa shape index (κ1) is 15.4. The van der Waals surface area contributed by atoms with Crippen LogP contribution < -0.4 is 11.3 Å². The van der Waals surface area contributed by atoms with Crippen LogP contribution in [0.5, 0.6) is 0 Å². The zero-order valence-electron chi connectivity index (χ0n) is 11.1. The second-order valence-electron chi connectivity index (χ2n) is 4.41. The average molecular weight is 229 g/mol. The summed E-state index contributed by atoms with van der Waals surface area (Å²) in [5.41, 5.74) is 2.28. The fourth-order valence-electron chi connectivity index (χ4n) is 1.86. The van der Waals surface area contributed by atoms with Crippen LogP contribution in [0, 0.1) is 5.92 Å². The lowest BCUT2D eigenvalue weighted by Gasteiger charge is -2.31. The van der Waals surface area contributed by atoms with Gasteiger partial charge in [-0.2, -0.15) is 0 Å². The molecule has 1 amide bonds. The second-order valence-corrected chi connectivity index (χ2v) is 4.41. The van der Waals surface area contributed by atoms with Crippen LogP contribution in [0.25, 0.3) is 0 Å². The van der Waals surface area contributed by atoms with E-state index in [1.807, 2.05) is 0 Å². The second kappa shape index (κ2) is 8.53. The molecule has 0 saturated heterocycles. The van der Waals surface area contributed by atoms with Gasteiger partial charge in [-0.05, 0) is 18.9 Å². The van der Waals surface area contributed by atoms with E-state index >= 15 is 0 Å². The number of hydrogen-bond acceptors (Lipinski definition) is 3. The van der Waals surface area contributed by atoms with Crippen LogP contribution in [0.3, 0.4) is 0 Å². The maximum atomic E-state index is 11.7. The average Bonchev–Trinajstić information content (AvgIpc) is 2.32. The maximum Gasteiger partial charge on any atom is 0.251 e. The Hall–Kier alpha value is -0.610. The van der Waals surface area contributed by atoms with Crippen LogP contribution >= 0.6 is 0 Å². The lowest BCUT2D eigenvalue weighted by atomic mass is 10.0. The quantitative estimate of drug-likeness (QED) is 0.377. The van der Waals surface area contributed by atoms with Gasteiger partial charge in [-0.3, -0.25) is 15.1 Å². The lowest BCUT2D eigenvalue weighted by molar-refractivity contribution is -0.127. The van der Waals surface area contributed by atoms with Gasteiger partial charge in [0.1, 0.15) is 0 Å². The third-order valence-electron chi connectivity index (χ3n) is 3.10. The van der Waals surface area contributed by atoms with Crippen molar-refractivity contribution in [2.75, 3.05) is 13.1 Å². The van der Waals surface area contributed by atoms with Crippen LogP contribution in [-0.4, -0.2) is 29.9 Å². The molecule has 0 aromatic rings. The molecule has 0 bridgehead atoms. The van der Waals surface area contributed by atoms with Crippen molar-refractivity contribution in [3.05, 3.63) is 0 Å². The van der Waals surface area contributed by atoms with Gasteiger partial charge in [-0.1, -0.05) is 40.5 Å². The number of rotatable bonds is 8. The zero-order valence-corrected chi connectivity index (χ0v) is 11.1. The lowest BCUT2D eigenvalue weighted by Crippen LogP contribution is -2.50. The Balaban J connectivity index is 4.50. The van der Waals surface area contributed by atoms with Crippen molar-refractivity contribution in [1.29, 1.82) is 0 Å². The van der Waals surface area contributed by atoms with E-state index in [4.69, 9.17) is 5.84 Å². The molecule has 0 aliphatic heterocycles. The molecular weight excluding hydrogens is 202 g/mol. The summed E-state index contributed by atoms with van der Waals surface area (Å²) in [6, 6.07) is -0.0750. The molecule has 0 aromatic carbocycles. The van der Waals surface area contributed by atoms with Gasteiger partial charge in [-0.25, -0.2) is 5.84 Å². The molecule has 0 heterocycles. The summed E-state index contributed by atoms with van der Waals surface area (Å²) in [5.74, 6) is 5.79. The van der Waals surface area contributed by atoms with Crippen molar-refractivity contribution < 1.29 is 4.79 Å². The number of likely N-dealkylation sites (N-methyl/N-ethyl adjacent to an activating group) is 1. The third kappa shape index (κ3) is 4.94. The fourth-order valence-corrected chi connectivity index (χ4v) is 1.86. The minimum atomic E-state index is -0.0750. The topological polar surface area (TPSA) is 58.4 Å². The van der Waals surface area contributed by atoms with Gasteiger partial charge >= 0.3 is 0 Å². The predicted molar refractivity (Wildman–Crippen MR) is 67.7 cm³/mol. The number of nitrogens with zero attached hydrogens (tertiary/aromatic N) is 1. The molecule has 2 atom stereocenters. The molecule has 2 unspecified atom stereocenters. The highest BCUT2D eigenvalue weighted by Crippen LogP contribution is 2.12. The van der Waals surface area contributed by atoms with Gasteiger partial charge in [0.05, 0.1) is 6.04 Å². The van der Waals surface area contributed by atoms with E-state index in [9.17, 15) is 4.79 Å². The summed E-state index contributed by atoms with van der Waals surface area (Å²) in [7, 11) is 0. The number of nitrogens with one attached hydrogen (secondary N) is 1. The largest absolute Gasteiger partial charge is 0.293 e. The van der Waals surface area contributed by atoms with Crippen molar-refractivity contribution in [2.24, 2.45) is 11.8 Å². The monoisotopic (exact) mass is 229 g/mol. The summed E-state index contributed by atoms with van der Waals surface area (Å²) in [4.78, 5) is 13.9. The number of carbonyl (C=O) groups excluding carboxylic acids is 1. The van der Waals surface area contributed by atoms with E-state index in [0.29, 0.717) is 5.92 Å². The molecule has 0 fully saturated rings. The summed E-state index contributed by atoms with van der Waals surface area (Å²) in [6.45, 7) is 10.4. The van der Waals surface area contributed by atoms with Crippen LogP contribution in [0.2, 0.25) is 0 Å². The standard InChI is InChI=1S/C12H27N3O/c1-5-8-11(12(16)14-13)15(7-3)9-10(4)6-2/h10-11H,5-9,13H2,1-4H3,(H,14,16). The van der Waals surface area contributed by atoms with E-state index in [1.54, 1.807) is 0 Å². The molecular formula is C12H27N3O. The normalized spacial score (nSPS) is 14.9.